The Bertz CT molecular complexity index is 2900. The number of urea groups is 1. The van der Waals surface area contributed by atoms with Crippen molar-refractivity contribution in [2.75, 3.05) is 157 Å². The molecule has 115 heavy (non-hydrogen) atoms. The molecule has 0 unspecified atom stereocenters. The third kappa shape index (κ3) is 66.0. The van der Waals surface area contributed by atoms with Crippen LogP contribution in [0.4, 0.5) is 15.3 Å². The van der Waals surface area contributed by atoms with Crippen molar-refractivity contribution in [3.05, 3.63) is 41.5 Å². The van der Waals surface area contributed by atoms with Crippen LogP contribution in [0.15, 0.2) is 35.9 Å². The summed E-state index contributed by atoms with van der Waals surface area (Å²) < 4.78 is 37.6. The van der Waals surface area contributed by atoms with Gasteiger partial charge < -0.3 is 108 Å². The number of rotatable bonds is 61. The van der Waals surface area contributed by atoms with Crippen molar-refractivity contribution in [3.8, 4) is 0 Å². The Morgan fingerprint density at radius 1 is 0.426 bits per heavy atom. The second-order valence-electron chi connectivity index (χ2n) is 30.3. The zero-order valence-electron chi connectivity index (χ0n) is 72.6. The first-order valence-corrected chi connectivity index (χ1v) is 41.0. The van der Waals surface area contributed by atoms with Crippen LogP contribution in [-0.2, 0) is 87.7 Å². The summed E-state index contributed by atoms with van der Waals surface area (Å²) in [6, 6.07) is 5.78. The van der Waals surface area contributed by atoms with Gasteiger partial charge >= 0.3 is 12.1 Å². The predicted molar refractivity (Wildman–Crippen MR) is 445 cm³/mol. The minimum atomic E-state index is -1.00. The van der Waals surface area contributed by atoms with Crippen molar-refractivity contribution in [1.82, 2.24) is 68.7 Å². The first-order chi connectivity index (χ1) is 54.4. The molecule has 0 fully saturated rings. The van der Waals surface area contributed by atoms with Crippen LogP contribution in [0.25, 0.3) is 0 Å². The number of Topliss-reactive ketones (excluding diaryl/α,β-unsaturated/α-hetero) is 1. The van der Waals surface area contributed by atoms with Gasteiger partial charge in [-0.15, -0.1) is 0 Å². The largest absolute Gasteiger partial charge is 0.445 e. The Balaban J connectivity index is 0. The SMILES string of the molecule is CC(C)CC(=O)NCCNC(C)C.CC(C)CC(=O)NCCOCCOCCC(=O)N[C@H](C(=O)N[C@@H](CCCNC(N)=O)C(=O)Nc1ccc(COC(=O)NCCNC(C)C)cc1)C(C)C.CC(C)NCCOCCOCCC(=O)C(C)C.CC(C)NCCOCCOCCC(=O)NCCNC(=O)CCN1C(=O)C=C(C(C)C)C1=O. The molecule has 0 bridgehead atoms. The minimum Gasteiger partial charge on any atom is -0.445 e. The highest BCUT2D eigenvalue weighted by molar-refractivity contribution is 6.16. The highest BCUT2D eigenvalue weighted by Crippen LogP contribution is 2.20. The number of benzene rings is 1. The summed E-state index contributed by atoms with van der Waals surface area (Å²) in [7, 11) is 0. The molecule has 1 aromatic carbocycles. The highest BCUT2D eigenvalue weighted by atomic mass is 16.6. The number of carbonyl (C=O) groups excluding carboxylic acids is 12. The molecule has 2 atom stereocenters. The van der Waals surface area contributed by atoms with Gasteiger partial charge in [0, 0.05) is 158 Å². The molecule has 0 saturated heterocycles. The molecule has 1 aliphatic rings. The molecule has 0 spiro atoms. The number of nitrogens with zero attached hydrogens (tertiary/aromatic N) is 1. The van der Waals surface area contributed by atoms with E-state index in [1.54, 1.807) is 38.1 Å². The predicted octanol–water partition coefficient (Wildman–Crippen LogP) is 4.27. The summed E-state index contributed by atoms with van der Waals surface area (Å²) in [5.74, 6) is -1.72. The van der Waals surface area contributed by atoms with Crippen LogP contribution in [0, 0.1) is 29.6 Å². The molecule has 1 aliphatic heterocycles. The maximum atomic E-state index is 13.4. The van der Waals surface area contributed by atoms with Gasteiger partial charge in [-0.1, -0.05) is 137 Å². The molecule has 1 aromatic rings. The van der Waals surface area contributed by atoms with E-state index in [-0.39, 0.29) is 137 Å². The topological polar surface area (TPSA) is 455 Å². The third-order valence-electron chi connectivity index (χ3n) is 15.9. The molecule has 662 valence electrons. The summed E-state index contributed by atoms with van der Waals surface area (Å²) in [6.07, 6.45) is 3.15. The second kappa shape index (κ2) is 69.3. The van der Waals surface area contributed by atoms with Crippen molar-refractivity contribution >= 4 is 76.8 Å². The Labute approximate surface area is 685 Å². The molecular weight excluding hydrogens is 1490 g/mol. The molecule has 12 amide bonds. The molecular formula is C81H149N15O19. The average molecular weight is 1640 g/mol. The number of hydrogen-bond acceptors (Lipinski definition) is 23. The summed E-state index contributed by atoms with van der Waals surface area (Å²) in [4.78, 5) is 145. The Kier molecular flexibility index (Phi) is 65.9. The van der Waals surface area contributed by atoms with Crippen molar-refractivity contribution in [3.63, 3.8) is 0 Å². The number of nitrogens with one attached hydrogen (secondary N) is 13. The number of ether oxygens (including phenoxy) is 7. The van der Waals surface area contributed by atoms with Gasteiger partial charge in [-0.2, -0.15) is 0 Å². The highest BCUT2D eigenvalue weighted by Gasteiger charge is 2.33. The zero-order chi connectivity index (χ0) is 86.9. The number of anilines is 1. The number of carbonyl (C=O) groups is 12. The fraction of sp³-hybridized carbons (Fsp3) is 0.753. The molecule has 2 rings (SSSR count). The van der Waals surface area contributed by atoms with E-state index >= 15 is 0 Å². The van der Waals surface area contributed by atoms with E-state index in [4.69, 9.17) is 38.9 Å². The van der Waals surface area contributed by atoms with Crippen LogP contribution < -0.4 is 74.9 Å². The number of hydrogen-bond donors (Lipinski definition) is 14. The number of primary amides is 1. The Morgan fingerprint density at radius 3 is 1.30 bits per heavy atom. The lowest BCUT2D eigenvalue weighted by atomic mass is 10.0. The minimum absolute atomic E-state index is 0.00590. The second-order valence-corrected chi connectivity index (χ2v) is 30.3. The lowest BCUT2D eigenvalue weighted by Crippen LogP contribution is -2.54. The lowest BCUT2D eigenvalue weighted by molar-refractivity contribution is -0.138. The summed E-state index contributed by atoms with van der Waals surface area (Å²) in [5, 5.41) is 37.3. The molecule has 0 aromatic heterocycles. The zero-order valence-corrected chi connectivity index (χ0v) is 72.6. The lowest BCUT2D eigenvalue weighted by Gasteiger charge is -2.25. The fourth-order valence-electron chi connectivity index (χ4n) is 9.72. The van der Waals surface area contributed by atoms with Crippen molar-refractivity contribution in [2.24, 2.45) is 35.3 Å². The van der Waals surface area contributed by atoms with E-state index in [0.717, 1.165) is 31.1 Å². The van der Waals surface area contributed by atoms with Gasteiger partial charge in [0.15, 0.2) is 0 Å². The van der Waals surface area contributed by atoms with Gasteiger partial charge in [-0.3, -0.25) is 52.8 Å². The summed E-state index contributed by atoms with van der Waals surface area (Å²) in [6.45, 7) is 46.4. The van der Waals surface area contributed by atoms with Crippen LogP contribution in [0.2, 0.25) is 0 Å². The fourth-order valence-corrected chi connectivity index (χ4v) is 9.72. The van der Waals surface area contributed by atoms with Crippen LogP contribution in [-0.4, -0.2) is 263 Å². The molecule has 0 aliphatic carbocycles. The number of nitrogens with two attached hydrogens (primary N) is 1. The third-order valence-corrected chi connectivity index (χ3v) is 15.9. The van der Waals surface area contributed by atoms with E-state index in [2.05, 4.69) is 111 Å². The maximum Gasteiger partial charge on any atom is 0.407 e. The quantitative estimate of drug-likeness (QED) is 0.0320. The van der Waals surface area contributed by atoms with Crippen molar-refractivity contribution < 1.29 is 90.7 Å². The van der Waals surface area contributed by atoms with E-state index in [1.807, 2.05) is 69.2 Å². The van der Waals surface area contributed by atoms with Gasteiger partial charge in [0.25, 0.3) is 11.8 Å². The van der Waals surface area contributed by atoms with Crippen molar-refractivity contribution in [2.45, 2.75) is 219 Å². The number of amides is 12. The maximum absolute atomic E-state index is 13.4. The first kappa shape index (κ1) is 109. The smallest absolute Gasteiger partial charge is 0.407 e. The number of ketones is 1. The molecule has 0 saturated carbocycles. The molecule has 15 N–H and O–H groups in total. The normalized spacial score (nSPS) is 12.4. The van der Waals surface area contributed by atoms with Crippen molar-refractivity contribution in [1.29, 1.82) is 0 Å². The molecule has 1 heterocycles. The van der Waals surface area contributed by atoms with Gasteiger partial charge in [-0.25, -0.2) is 9.59 Å². The van der Waals surface area contributed by atoms with E-state index in [0.29, 0.717) is 158 Å². The van der Waals surface area contributed by atoms with Crippen LogP contribution >= 0.6 is 0 Å². The Hall–Kier alpha value is -7.80. The van der Waals surface area contributed by atoms with Crippen LogP contribution in [0.3, 0.4) is 0 Å². The van der Waals surface area contributed by atoms with E-state index in [9.17, 15) is 57.5 Å². The van der Waals surface area contributed by atoms with E-state index < -0.39 is 41.9 Å². The number of alkyl carbamates (subject to hydrolysis) is 1. The summed E-state index contributed by atoms with van der Waals surface area (Å²) >= 11 is 0. The van der Waals surface area contributed by atoms with E-state index in [1.165, 1.54) is 6.08 Å². The first-order valence-electron chi connectivity index (χ1n) is 41.0. The Morgan fingerprint density at radius 2 is 0.852 bits per heavy atom. The summed E-state index contributed by atoms with van der Waals surface area (Å²) in [5.41, 5.74) is 6.77. The molecule has 34 heteroatoms. The van der Waals surface area contributed by atoms with Gasteiger partial charge in [0.05, 0.1) is 79.3 Å². The van der Waals surface area contributed by atoms with Gasteiger partial charge in [0.2, 0.25) is 41.4 Å². The standard InChI is InChI=1S/C36H62N8O9.C22H38N4O6.C13H27NO3.C10H22N2O/c1-24(2)22-31(46)39-17-19-52-21-20-51-18-13-30(45)44-32(25(3)4)34(48)43-29(8-7-14-40-35(37)49)33(47)42-28-11-9-27(10-12-28)23-53-36(50)41-16-15-38-26(5)6;1-16(2)18-15-21(29)26(22(18)30)10-5-19(27)24-7-8-25-20(28)6-11-31-13-14-32-12-9-23-17(3)4;1-11(2)13(15)5-7-16-9-10-17-8-6-14-12(3)4;1-8(2)7-10(13)12-6-5-11-9(3)4/h9-12,24-26,29,32,38H,7-8,13-23H2,1-6H3,(H,39,46)(H,41,50)(H,42,47)(H,43,48)(H,44,45)(H3,37,40,49);15-17,23H,5-14H2,1-4H3,(H,24,27)(H,25,28);11-12,14H,5-10H2,1-4H3;8-9,11H,5-7H2,1-4H3,(H,12,13)/t29-,32-;;;/m0.../s1. The number of imide groups is 1. The molecule has 0 radical (unpaired) electrons. The van der Waals surface area contributed by atoms with Crippen LogP contribution in [0.5, 0.6) is 0 Å². The molecule has 34 nitrogen and oxygen atoms in total. The van der Waals surface area contributed by atoms with Gasteiger partial charge in [-0.05, 0) is 54.2 Å². The monoisotopic (exact) mass is 1640 g/mol. The van der Waals surface area contributed by atoms with Gasteiger partial charge in [0.1, 0.15) is 24.5 Å². The van der Waals surface area contributed by atoms with Crippen LogP contribution in [0.1, 0.15) is 182 Å². The average Bonchev–Trinajstić information content (AvgIpc) is 1.69.